The Balaban J connectivity index is 2.43. The third kappa shape index (κ3) is 2.64. The first-order chi connectivity index (χ1) is 9.65. The van der Waals surface area contributed by atoms with E-state index in [1.807, 2.05) is 6.07 Å². The molecular weight excluding hydrogens is 262 g/mol. The number of nitriles is 1. The van der Waals surface area contributed by atoms with Gasteiger partial charge in [-0.2, -0.15) is 5.26 Å². The van der Waals surface area contributed by atoms with Crippen molar-refractivity contribution >= 4 is 5.97 Å². The lowest BCUT2D eigenvalue weighted by molar-refractivity contribution is 0.0693. The average molecular weight is 271 g/mol. The zero-order valence-corrected chi connectivity index (χ0v) is 10.4. The molecule has 0 aliphatic rings. The minimum absolute atomic E-state index is 0.0281. The number of hydrogen-bond donors (Lipinski definition) is 1. The fourth-order valence-corrected chi connectivity index (χ4v) is 1.47. The van der Waals surface area contributed by atoms with Crippen LogP contribution >= 0.6 is 0 Å². The minimum Gasteiger partial charge on any atom is -0.497 e. The van der Waals surface area contributed by atoms with Crippen molar-refractivity contribution in [2.45, 2.75) is 0 Å². The molecule has 20 heavy (non-hydrogen) atoms. The molecule has 0 spiro atoms. The number of carboxylic acid groups (broad SMARTS) is 1. The fraction of sp³-hybridized carbons (Fsp3) is 0.0769. The molecule has 0 aliphatic heterocycles. The molecule has 0 saturated heterocycles. The van der Waals surface area contributed by atoms with Crippen LogP contribution in [0.4, 0.5) is 0 Å². The summed E-state index contributed by atoms with van der Waals surface area (Å²) in [5.74, 6) is -0.798. The average Bonchev–Trinajstić information content (AvgIpc) is 2.48. The summed E-state index contributed by atoms with van der Waals surface area (Å²) >= 11 is 0. The van der Waals surface area contributed by atoms with E-state index in [9.17, 15) is 4.79 Å². The van der Waals surface area contributed by atoms with Crippen LogP contribution in [-0.4, -0.2) is 28.2 Å². The minimum atomic E-state index is -1.18. The summed E-state index contributed by atoms with van der Waals surface area (Å²) in [5.41, 5.74) is -0.126. The second kappa shape index (κ2) is 5.67. The van der Waals surface area contributed by atoms with E-state index in [0.717, 1.165) is 0 Å². The van der Waals surface area contributed by atoms with E-state index in [1.54, 1.807) is 6.07 Å². The third-order valence-corrected chi connectivity index (χ3v) is 2.39. The molecule has 0 bridgehead atoms. The number of ether oxygens (including phenoxy) is 2. The van der Waals surface area contributed by atoms with Crippen LogP contribution in [0.15, 0.2) is 30.6 Å². The van der Waals surface area contributed by atoms with Gasteiger partial charge in [0, 0.05) is 12.4 Å². The molecule has 2 rings (SSSR count). The van der Waals surface area contributed by atoms with Crippen LogP contribution in [0.1, 0.15) is 16.1 Å². The van der Waals surface area contributed by atoms with Gasteiger partial charge in [-0.15, -0.1) is 0 Å². The highest BCUT2D eigenvalue weighted by Gasteiger charge is 2.16. The smallest absolute Gasteiger partial charge is 0.339 e. The molecule has 0 fully saturated rings. The highest BCUT2D eigenvalue weighted by Crippen LogP contribution is 2.28. The normalized spacial score (nSPS) is 9.60. The van der Waals surface area contributed by atoms with Crippen LogP contribution in [0.2, 0.25) is 0 Å². The molecule has 0 atom stereocenters. The van der Waals surface area contributed by atoms with Gasteiger partial charge in [0.05, 0.1) is 7.11 Å². The fourth-order valence-electron chi connectivity index (χ4n) is 1.47. The second-order valence-corrected chi connectivity index (χ2v) is 3.59. The molecule has 100 valence electrons. The summed E-state index contributed by atoms with van der Waals surface area (Å²) in [5, 5.41) is 18.0. The Morgan fingerprint density at radius 2 is 2.10 bits per heavy atom. The number of methoxy groups -OCH3 is 1. The number of nitrogens with zero attached hydrogens (tertiary/aromatic N) is 3. The van der Waals surface area contributed by atoms with Gasteiger partial charge >= 0.3 is 5.97 Å². The first-order valence-corrected chi connectivity index (χ1v) is 5.46. The molecule has 1 aromatic carbocycles. The van der Waals surface area contributed by atoms with Crippen molar-refractivity contribution in [3.05, 3.63) is 41.9 Å². The number of aromatic nitrogens is 2. The topological polar surface area (TPSA) is 105 Å². The summed E-state index contributed by atoms with van der Waals surface area (Å²) in [6.45, 7) is 0. The maximum Gasteiger partial charge on any atom is 0.339 e. The van der Waals surface area contributed by atoms with Gasteiger partial charge in [-0.25, -0.2) is 14.8 Å². The van der Waals surface area contributed by atoms with Crippen molar-refractivity contribution in [3.8, 4) is 23.4 Å². The van der Waals surface area contributed by atoms with Crippen molar-refractivity contribution in [1.29, 1.82) is 5.26 Å². The monoisotopic (exact) mass is 271 g/mol. The first-order valence-electron chi connectivity index (χ1n) is 5.46. The number of carboxylic acids is 1. The maximum absolute atomic E-state index is 11.2. The summed E-state index contributed by atoms with van der Waals surface area (Å²) in [6, 6.07) is 6.11. The Morgan fingerprint density at radius 1 is 1.35 bits per heavy atom. The zero-order valence-electron chi connectivity index (χ0n) is 10.4. The van der Waals surface area contributed by atoms with Crippen LogP contribution in [0.25, 0.3) is 0 Å². The summed E-state index contributed by atoms with van der Waals surface area (Å²) < 4.78 is 10.3. The van der Waals surface area contributed by atoms with Crippen molar-refractivity contribution in [2.75, 3.05) is 7.11 Å². The molecule has 1 aromatic heterocycles. The van der Waals surface area contributed by atoms with E-state index >= 15 is 0 Å². The van der Waals surface area contributed by atoms with Gasteiger partial charge in [0.15, 0.2) is 0 Å². The number of carbonyl (C=O) groups is 1. The molecule has 2 aromatic rings. The van der Waals surface area contributed by atoms with Crippen LogP contribution in [0.3, 0.4) is 0 Å². The van der Waals surface area contributed by atoms with Gasteiger partial charge in [-0.1, -0.05) is 0 Å². The summed E-state index contributed by atoms with van der Waals surface area (Å²) in [4.78, 5) is 18.8. The lowest BCUT2D eigenvalue weighted by atomic mass is 10.2. The van der Waals surface area contributed by atoms with E-state index in [2.05, 4.69) is 9.97 Å². The van der Waals surface area contributed by atoms with Crippen molar-refractivity contribution in [3.63, 3.8) is 0 Å². The molecule has 1 heterocycles. The van der Waals surface area contributed by atoms with Crippen molar-refractivity contribution in [2.24, 2.45) is 0 Å². The van der Waals surface area contributed by atoms with Gasteiger partial charge in [0.1, 0.15) is 23.1 Å². The zero-order chi connectivity index (χ0) is 14.5. The number of benzene rings is 1. The molecule has 0 amide bonds. The predicted octanol–water partition coefficient (Wildman–Crippen LogP) is 1.85. The molecule has 0 saturated carbocycles. The molecule has 7 nitrogen and oxygen atoms in total. The molecule has 0 unspecified atom stereocenters. The standard InChI is InChI=1S/C13H9N3O4/c1-19-8-2-3-11(9(6-8)13(17)18)20-12-10(7-14)15-4-5-16-12/h2-6H,1H3,(H,17,18). The van der Waals surface area contributed by atoms with Gasteiger partial charge in [-0.3, -0.25) is 0 Å². The Bertz CT molecular complexity index is 694. The molecule has 7 heteroatoms. The van der Waals surface area contributed by atoms with E-state index in [0.29, 0.717) is 5.75 Å². The molecule has 1 N–H and O–H groups in total. The van der Waals surface area contributed by atoms with E-state index in [-0.39, 0.29) is 22.9 Å². The lowest BCUT2D eigenvalue weighted by Crippen LogP contribution is -2.02. The summed E-state index contributed by atoms with van der Waals surface area (Å²) in [6.07, 6.45) is 2.69. The number of aromatic carboxylic acids is 1. The first kappa shape index (κ1) is 13.3. The van der Waals surface area contributed by atoms with Crippen molar-refractivity contribution < 1.29 is 19.4 Å². The Labute approximate surface area is 114 Å². The summed E-state index contributed by atoms with van der Waals surface area (Å²) in [7, 11) is 1.43. The Morgan fingerprint density at radius 3 is 2.75 bits per heavy atom. The van der Waals surface area contributed by atoms with Crippen LogP contribution < -0.4 is 9.47 Å². The quantitative estimate of drug-likeness (QED) is 0.904. The van der Waals surface area contributed by atoms with Gasteiger partial charge in [0.25, 0.3) is 5.88 Å². The van der Waals surface area contributed by atoms with Crippen molar-refractivity contribution in [1.82, 2.24) is 9.97 Å². The van der Waals surface area contributed by atoms with Crippen LogP contribution in [0, 0.1) is 11.3 Å². The number of rotatable bonds is 4. The van der Waals surface area contributed by atoms with Gasteiger partial charge in [-0.05, 0) is 18.2 Å². The molecule has 0 aliphatic carbocycles. The second-order valence-electron chi connectivity index (χ2n) is 3.59. The van der Waals surface area contributed by atoms with E-state index in [4.69, 9.17) is 19.8 Å². The van der Waals surface area contributed by atoms with E-state index in [1.165, 1.54) is 31.6 Å². The van der Waals surface area contributed by atoms with E-state index < -0.39 is 5.97 Å². The largest absolute Gasteiger partial charge is 0.497 e. The highest BCUT2D eigenvalue weighted by molar-refractivity contribution is 5.91. The Hall–Kier alpha value is -3.14. The molecular formula is C13H9N3O4. The highest BCUT2D eigenvalue weighted by atomic mass is 16.5. The Kier molecular flexibility index (Phi) is 3.77. The lowest BCUT2D eigenvalue weighted by Gasteiger charge is -2.09. The van der Waals surface area contributed by atoms with Gasteiger partial charge in [0.2, 0.25) is 5.69 Å². The number of hydrogen-bond acceptors (Lipinski definition) is 6. The third-order valence-electron chi connectivity index (χ3n) is 2.39. The SMILES string of the molecule is COc1ccc(Oc2nccnc2C#N)c(C(=O)O)c1. The molecule has 0 radical (unpaired) electrons. The van der Waals surface area contributed by atoms with Gasteiger partial charge < -0.3 is 14.6 Å². The maximum atomic E-state index is 11.2. The van der Waals surface area contributed by atoms with Crippen LogP contribution in [0.5, 0.6) is 17.4 Å². The van der Waals surface area contributed by atoms with Crippen LogP contribution in [-0.2, 0) is 0 Å². The predicted molar refractivity (Wildman–Crippen MR) is 66.8 cm³/mol.